The van der Waals surface area contributed by atoms with Crippen LogP contribution in [-0.2, 0) is 6.54 Å². The van der Waals surface area contributed by atoms with Crippen LogP contribution in [0.5, 0.6) is 0 Å². The highest BCUT2D eigenvalue weighted by atomic mass is 35.5. The van der Waals surface area contributed by atoms with Gasteiger partial charge in [-0.3, -0.25) is 0 Å². The lowest BCUT2D eigenvalue weighted by molar-refractivity contribution is 0.372. The van der Waals surface area contributed by atoms with Gasteiger partial charge in [0, 0.05) is 17.6 Å². The molecular weight excluding hydrogens is 206 g/mol. The van der Waals surface area contributed by atoms with Crippen molar-refractivity contribution in [3.8, 4) is 0 Å². The van der Waals surface area contributed by atoms with Crippen molar-refractivity contribution in [2.24, 2.45) is 0 Å². The van der Waals surface area contributed by atoms with Crippen LogP contribution in [0.3, 0.4) is 0 Å². The maximum Gasteiger partial charge on any atom is 0.0409 e. The molecule has 1 nitrogen and oxygen atoms in total. The standard InChI is InChI=1S/C13H18ClN/c14-12-6-4-5-11(9-12)10-15-13-7-2-1-3-8-13/h4-6,9,13,15H,1-3,7-8,10H2. The van der Waals surface area contributed by atoms with Gasteiger partial charge >= 0.3 is 0 Å². The summed E-state index contributed by atoms with van der Waals surface area (Å²) in [5, 5.41) is 4.44. The van der Waals surface area contributed by atoms with Gasteiger partial charge in [-0.25, -0.2) is 0 Å². The first-order chi connectivity index (χ1) is 7.34. The fraction of sp³-hybridized carbons (Fsp3) is 0.538. The van der Waals surface area contributed by atoms with Gasteiger partial charge in [0.25, 0.3) is 0 Å². The maximum absolute atomic E-state index is 5.94. The summed E-state index contributed by atoms with van der Waals surface area (Å²) < 4.78 is 0. The van der Waals surface area contributed by atoms with Crippen molar-refractivity contribution >= 4 is 11.6 Å². The Morgan fingerprint density at radius 3 is 2.73 bits per heavy atom. The fourth-order valence-corrected chi connectivity index (χ4v) is 2.43. The first-order valence-corrected chi connectivity index (χ1v) is 6.20. The van der Waals surface area contributed by atoms with Crippen molar-refractivity contribution in [3.63, 3.8) is 0 Å². The molecule has 0 spiro atoms. The lowest BCUT2D eigenvalue weighted by atomic mass is 9.95. The zero-order valence-corrected chi connectivity index (χ0v) is 9.76. The fourth-order valence-electron chi connectivity index (χ4n) is 2.22. The van der Waals surface area contributed by atoms with Gasteiger partial charge in [-0.1, -0.05) is 43.0 Å². The maximum atomic E-state index is 5.94. The number of rotatable bonds is 3. The molecule has 0 aliphatic heterocycles. The van der Waals surface area contributed by atoms with Gasteiger partial charge in [-0.2, -0.15) is 0 Å². The third-order valence-corrected chi connectivity index (χ3v) is 3.32. The number of halogens is 1. The van der Waals surface area contributed by atoms with E-state index in [9.17, 15) is 0 Å². The average Bonchev–Trinajstić information content (AvgIpc) is 2.28. The van der Waals surface area contributed by atoms with Crippen molar-refractivity contribution in [2.45, 2.75) is 44.7 Å². The van der Waals surface area contributed by atoms with Crippen LogP contribution in [0.4, 0.5) is 0 Å². The third kappa shape index (κ3) is 3.51. The number of hydrogen-bond donors (Lipinski definition) is 1. The summed E-state index contributed by atoms with van der Waals surface area (Å²) in [4.78, 5) is 0. The second-order valence-electron chi connectivity index (χ2n) is 4.35. The molecule has 0 saturated heterocycles. The number of benzene rings is 1. The largest absolute Gasteiger partial charge is 0.310 e. The molecule has 0 atom stereocenters. The number of hydrogen-bond acceptors (Lipinski definition) is 1. The predicted octanol–water partition coefficient (Wildman–Crippen LogP) is 3.76. The summed E-state index contributed by atoms with van der Waals surface area (Å²) in [6, 6.07) is 8.82. The summed E-state index contributed by atoms with van der Waals surface area (Å²) >= 11 is 5.94. The highest BCUT2D eigenvalue weighted by molar-refractivity contribution is 6.30. The number of nitrogens with one attached hydrogen (secondary N) is 1. The summed E-state index contributed by atoms with van der Waals surface area (Å²) in [5.74, 6) is 0. The van der Waals surface area contributed by atoms with E-state index in [0.29, 0.717) is 0 Å². The van der Waals surface area contributed by atoms with Crippen molar-refractivity contribution in [3.05, 3.63) is 34.9 Å². The molecule has 2 rings (SSSR count). The highest BCUT2D eigenvalue weighted by Gasteiger charge is 2.11. The van der Waals surface area contributed by atoms with E-state index in [4.69, 9.17) is 11.6 Å². The molecule has 0 radical (unpaired) electrons. The molecule has 0 heterocycles. The third-order valence-electron chi connectivity index (χ3n) is 3.09. The van der Waals surface area contributed by atoms with Crippen molar-refractivity contribution in [1.29, 1.82) is 0 Å². The summed E-state index contributed by atoms with van der Waals surface area (Å²) in [7, 11) is 0. The minimum atomic E-state index is 0.720. The Labute approximate surface area is 96.8 Å². The second-order valence-corrected chi connectivity index (χ2v) is 4.78. The molecule has 0 aromatic heterocycles. The zero-order valence-electron chi connectivity index (χ0n) is 9.01. The summed E-state index contributed by atoms with van der Waals surface area (Å²) in [6.45, 7) is 0.950. The zero-order chi connectivity index (χ0) is 10.5. The van der Waals surface area contributed by atoms with E-state index in [1.807, 2.05) is 18.2 Å². The minimum absolute atomic E-state index is 0.720. The average molecular weight is 224 g/mol. The predicted molar refractivity (Wildman–Crippen MR) is 65.2 cm³/mol. The van der Waals surface area contributed by atoms with Gasteiger partial charge in [0.1, 0.15) is 0 Å². The molecule has 1 aromatic rings. The van der Waals surface area contributed by atoms with E-state index in [2.05, 4.69) is 11.4 Å². The smallest absolute Gasteiger partial charge is 0.0409 e. The van der Waals surface area contributed by atoms with Gasteiger partial charge in [0.2, 0.25) is 0 Å². The molecule has 1 fully saturated rings. The molecule has 0 bridgehead atoms. The quantitative estimate of drug-likeness (QED) is 0.823. The van der Waals surface area contributed by atoms with Crippen LogP contribution < -0.4 is 5.32 Å². The Morgan fingerprint density at radius 2 is 2.00 bits per heavy atom. The first-order valence-electron chi connectivity index (χ1n) is 5.82. The molecule has 1 aliphatic rings. The van der Waals surface area contributed by atoms with E-state index in [0.717, 1.165) is 17.6 Å². The molecule has 0 unspecified atom stereocenters. The van der Waals surface area contributed by atoms with Gasteiger partial charge in [-0.05, 0) is 30.5 Å². The molecule has 0 amide bonds. The van der Waals surface area contributed by atoms with E-state index in [1.165, 1.54) is 37.7 Å². The van der Waals surface area contributed by atoms with Gasteiger partial charge in [0.15, 0.2) is 0 Å². The topological polar surface area (TPSA) is 12.0 Å². The lowest BCUT2D eigenvalue weighted by Crippen LogP contribution is -2.30. The van der Waals surface area contributed by atoms with Crippen LogP contribution in [-0.4, -0.2) is 6.04 Å². The van der Waals surface area contributed by atoms with Gasteiger partial charge < -0.3 is 5.32 Å². The van der Waals surface area contributed by atoms with Crippen molar-refractivity contribution in [2.75, 3.05) is 0 Å². The summed E-state index contributed by atoms with van der Waals surface area (Å²) in [6.07, 6.45) is 6.84. The van der Waals surface area contributed by atoms with E-state index in [-0.39, 0.29) is 0 Å². The Morgan fingerprint density at radius 1 is 1.20 bits per heavy atom. The molecule has 2 heteroatoms. The monoisotopic (exact) mass is 223 g/mol. The second kappa shape index (κ2) is 5.53. The van der Waals surface area contributed by atoms with Crippen molar-refractivity contribution < 1.29 is 0 Å². The van der Waals surface area contributed by atoms with Crippen LogP contribution in [0.15, 0.2) is 24.3 Å². The molecule has 1 N–H and O–H groups in total. The SMILES string of the molecule is Clc1cccc(CNC2CCCCC2)c1. The van der Waals surface area contributed by atoms with Crippen LogP contribution in [0.2, 0.25) is 5.02 Å². The molecule has 1 saturated carbocycles. The molecule has 15 heavy (non-hydrogen) atoms. The Balaban J connectivity index is 1.81. The molecule has 1 aromatic carbocycles. The van der Waals surface area contributed by atoms with E-state index < -0.39 is 0 Å². The van der Waals surface area contributed by atoms with E-state index >= 15 is 0 Å². The van der Waals surface area contributed by atoms with Crippen molar-refractivity contribution in [1.82, 2.24) is 5.32 Å². The van der Waals surface area contributed by atoms with Crippen LogP contribution in [0, 0.1) is 0 Å². The molecule has 1 aliphatic carbocycles. The normalized spacial score (nSPS) is 17.9. The van der Waals surface area contributed by atoms with Crippen LogP contribution in [0.1, 0.15) is 37.7 Å². The van der Waals surface area contributed by atoms with Gasteiger partial charge in [0.05, 0.1) is 0 Å². The summed E-state index contributed by atoms with van der Waals surface area (Å²) in [5.41, 5.74) is 1.29. The minimum Gasteiger partial charge on any atom is -0.310 e. The Kier molecular flexibility index (Phi) is 4.04. The van der Waals surface area contributed by atoms with Crippen LogP contribution in [0.25, 0.3) is 0 Å². The molecule has 82 valence electrons. The van der Waals surface area contributed by atoms with Gasteiger partial charge in [-0.15, -0.1) is 0 Å². The molecular formula is C13H18ClN. The van der Waals surface area contributed by atoms with E-state index in [1.54, 1.807) is 0 Å². The first kappa shape index (κ1) is 11.0. The lowest BCUT2D eigenvalue weighted by Gasteiger charge is -2.22. The highest BCUT2D eigenvalue weighted by Crippen LogP contribution is 2.18. The Hall–Kier alpha value is -0.530. The van der Waals surface area contributed by atoms with Crippen LogP contribution >= 0.6 is 11.6 Å². The Bertz CT molecular complexity index is 305.